The van der Waals surface area contributed by atoms with Crippen LogP contribution < -0.4 is 0 Å². The van der Waals surface area contributed by atoms with Crippen LogP contribution in [0, 0.1) is 5.92 Å². The molecule has 1 aromatic rings. The minimum absolute atomic E-state index is 0.0129. The molecule has 1 unspecified atom stereocenters. The van der Waals surface area contributed by atoms with Gasteiger partial charge in [-0.15, -0.1) is 0 Å². The Labute approximate surface area is 103 Å². The Bertz CT molecular complexity index is 426. The SMILES string of the molecule is COCC(O)(c1cccc(C(F)(F)F)c1)C1CC1. The molecule has 1 aliphatic carbocycles. The summed E-state index contributed by atoms with van der Waals surface area (Å²) in [6.45, 7) is 0.0129. The summed E-state index contributed by atoms with van der Waals surface area (Å²) in [7, 11) is 1.43. The van der Waals surface area contributed by atoms with E-state index in [0.29, 0.717) is 0 Å². The van der Waals surface area contributed by atoms with Crippen molar-refractivity contribution in [3.8, 4) is 0 Å². The molecule has 100 valence electrons. The first kappa shape index (κ1) is 13.4. The van der Waals surface area contributed by atoms with Crippen LogP contribution >= 0.6 is 0 Å². The van der Waals surface area contributed by atoms with Gasteiger partial charge < -0.3 is 9.84 Å². The van der Waals surface area contributed by atoms with Crippen molar-refractivity contribution in [2.45, 2.75) is 24.6 Å². The van der Waals surface area contributed by atoms with E-state index in [1.165, 1.54) is 19.2 Å². The number of hydrogen-bond donors (Lipinski definition) is 1. The minimum atomic E-state index is -4.40. The molecule has 0 amide bonds. The summed E-state index contributed by atoms with van der Waals surface area (Å²) in [5.74, 6) is -0.0130. The lowest BCUT2D eigenvalue weighted by atomic mass is 9.88. The minimum Gasteiger partial charge on any atom is -0.382 e. The summed E-state index contributed by atoms with van der Waals surface area (Å²) in [5.41, 5.74) is -1.77. The second-order valence-corrected chi connectivity index (χ2v) is 4.71. The van der Waals surface area contributed by atoms with Crippen molar-refractivity contribution in [3.63, 3.8) is 0 Å². The van der Waals surface area contributed by atoms with Gasteiger partial charge in [0.15, 0.2) is 0 Å². The molecule has 1 N–H and O–H groups in total. The van der Waals surface area contributed by atoms with Crippen molar-refractivity contribution in [3.05, 3.63) is 35.4 Å². The molecule has 1 aliphatic rings. The number of alkyl halides is 3. The van der Waals surface area contributed by atoms with Gasteiger partial charge in [-0.05, 0) is 36.5 Å². The first-order valence-electron chi connectivity index (χ1n) is 5.77. The predicted octanol–water partition coefficient (Wildman–Crippen LogP) is 2.95. The molecule has 0 aromatic heterocycles. The molecule has 1 fully saturated rings. The predicted molar refractivity (Wildman–Crippen MR) is 59.9 cm³/mol. The molecule has 0 saturated heterocycles. The van der Waals surface area contributed by atoms with Crippen molar-refractivity contribution in [1.82, 2.24) is 0 Å². The van der Waals surface area contributed by atoms with Crippen LogP contribution in [0.15, 0.2) is 24.3 Å². The molecule has 0 heterocycles. The lowest BCUT2D eigenvalue weighted by Crippen LogP contribution is -2.34. The van der Waals surface area contributed by atoms with E-state index in [-0.39, 0.29) is 18.1 Å². The van der Waals surface area contributed by atoms with Crippen LogP contribution in [0.4, 0.5) is 13.2 Å². The third kappa shape index (κ3) is 2.52. The monoisotopic (exact) mass is 260 g/mol. The average Bonchev–Trinajstić information content (AvgIpc) is 3.12. The maximum Gasteiger partial charge on any atom is 0.416 e. The molecule has 1 aromatic carbocycles. The molecular formula is C13H15F3O2. The van der Waals surface area contributed by atoms with E-state index >= 15 is 0 Å². The fourth-order valence-electron chi connectivity index (χ4n) is 2.18. The van der Waals surface area contributed by atoms with E-state index < -0.39 is 17.3 Å². The molecule has 5 heteroatoms. The number of methoxy groups -OCH3 is 1. The number of hydrogen-bond acceptors (Lipinski definition) is 2. The number of ether oxygens (including phenoxy) is 1. The largest absolute Gasteiger partial charge is 0.416 e. The van der Waals surface area contributed by atoms with E-state index in [0.717, 1.165) is 25.0 Å². The Morgan fingerprint density at radius 3 is 2.39 bits per heavy atom. The summed E-state index contributed by atoms with van der Waals surface area (Å²) >= 11 is 0. The van der Waals surface area contributed by atoms with E-state index in [2.05, 4.69) is 0 Å². The highest BCUT2D eigenvalue weighted by Gasteiger charge is 2.46. The zero-order valence-corrected chi connectivity index (χ0v) is 10.00. The number of benzene rings is 1. The van der Waals surface area contributed by atoms with Crippen LogP contribution in [0.25, 0.3) is 0 Å². The summed E-state index contributed by atoms with van der Waals surface area (Å²) in [6.07, 6.45) is -2.76. The molecule has 0 bridgehead atoms. The number of halogens is 3. The Kier molecular flexibility index (Phi) is 3.38. The van der Waals surface area contributed by atoms with Gasteiger partial charge in [0, 0.05) is 7.11 Å². The van der Waals surface area contributed by atoms with Crippen molar-refractivity contribution < 1.29 is 23.0 Å². The number of aliphatic hydroxyl groups is 1. The summed E-state index contributed by atoms with van der Waals surface area (Å²) in [4.78, 5) is 0. The van der Waals surface area contributed by atoms with Crippen molar-refractivity contribution in [1.29, 1.82) is 0 Å². The second-order valence-electron chi connectivity index (χ2n) is 4.71. The molecule has 1 atom stereocenters. The average molecular weight is 260 g/mol. The Morgan fingerprint density at radius 1 is 1.28 bits per heavy atom. The maximum atomic E-state index is 12.6. The maximum absolute atomic E-state index is 12.6. The zero-order chi connectivity index (χ0) is 13.4. The molecule has 2 nitrogen and oxygen atoms in total. The zero-order valence-electron chi connectivity index (χ0n) is 10.00. The summed E-state index contributed by atoms with van der Waals surface area (Å²) in [5, 5.41) is 10.5. The fraction of sp³-hybridized carbons (Fsp3) is 0.538. The molecule has 18 heavy (non-hydrogen) atoms. The van der Waals surface area contributed by atoms with Crippen LogP contribution in [-0.2, 0) is 16.5 Å². The second kappa shape index (κ2) is 4.55. The standard InChI is InChI=1S/C13H15F3O2/c1-18-8-12(17,9-5-6-9)10-3-2-4-11(7-10)13(14,15)16/h2-4,7,9,17H,5-6,8H2,1H3. The van der Waals surface area contributed by atoms with Gasteiger partial charge in [0.05, 0.1) is 12.2 Å². The smallest absolute Gasteiger partial charge is 0.382 e. The Hall–Kier alpha value is -1.07. The quantitative estimate of drug-likeness (QED) is 0.901. The van der Waals surface area contributed by atoms with E-state index in [9.17, 15) is 18.3 Å². The van der Waals surface area contributed by atoms with Crippen LogP contribution in [0.2, 0.25) is 0 Å². The van der Waals surface area contributed by atoms with Crippen molar-refractivity contribution in [2.24, 2.45) is 5.92 Å². The molecule has 2 rings (SSSR count). The van der Waals surface area contributed by atoms with Gasteiger partial charge in [-0.1, -0.05) is 12.1 Å². The third-order valence-electron chi connectivity index (χ3n) is 3.31. The van der Waals surface area contributed by atoms with Gasteiger partial charge in [0.25, 0.3) is 0 Å². The van der Waals surface area contributed by atoms with Gasteiger partial charge in [-0.3, -0.25) is 0 Å². The number of rotatable bonds is 4. The van der Waals surface area contributed by atoms with E-state index in [4.69, 9.17) is 4.74 Å². The van der Waals surface area contributed by atoms with E-state index in [1.54, 1.807) is 0 Å². The Morgan fingerprint density at radius 2 is 1.89 bits per heavy atom. The van der Waals surface area contributed by atoms with Crippen molar-refractivity contribution >= 4 is 0 Å². The van der Waals surface area contributed by atoms with Gasteiger partial charge in [-0.2, -0.15) is 13.2 Å². The summed E-state index contributed by atoms with van der Waals surface area (Å²) < 4.78 is 42.9. The fourth-order valence-corrected chi connectivity index (χ4v) is 2.18. The normalized spacial score (nSPS) is 19.6. The van der Waals surface area contributed by atoms with Crippen LogP contribution in [-0.4, -0.2) is 18.8 Å². The topological polar surface area (TPSA) is 29.5 Å². The highest BCUT2D eigenvalue weighted by molar-refractivity contribution is 5.31. The van der Waals surface area contributed by atoms with Gasteiger partial charge >= 0.3 is 6.18 Å². The first-order chi connectivity index (χ1) is 8.38. The van der Waals surface area contributed by atoms with Crippen LogP contribution in [0.1, 0.15) is 24.0 Å². The lowest BCUT2D eigenvalue weighted by molar-refractivity contribution is -0.137. The molecule has 0 aliphatic heterocycles. The molecule has 0 radical (unpaired) electrons. The molecule has 0 spiro atoms. The van der Waals surface area contributed by atoms with Gasteiger partial charge in [0.1, 0.15) is 5.60 Å². The van der Waals surface area contributed by atoms with Gasteiger partial charge in [-0.25, -0.2) is 0 Å². The highest BCUT2D eigenvalue weighted by atomic mass is 19.4. The lowest BCUT2D eigenvalue weighted by Gasteiger charge is -2.28. The van der Waals surface area contributed by atoms with Gasteiger partial charge in [0.2, 0.25) is 0 Å². The molecular weight excluding hydrogens is 245 g/mol. The van der Waals surface area contributed by atoms with Crippen LogP contribution in [0.3, 0.4) is 0 Å². The van der Waals surface area contributed by atoms with Crippen LogP contribution in [0.5, 0.6) is 0 Å². The summed E-state index contributed by atoms with van der Waals surface area (Å²) in [6, 6.07) is 4.86. The Balaban J connectivity index is 2.36. The van der Waals surface area contributed by atoms with E-state index in [1.807, 2.05) is 0 Å². The molecule has 1 saturated carbocycles. The first-order valence-corrected chi connectivity index (χ1v) is 5.77. The highest BCUT2D eigenvalue weighted by Crippen LogP contribution is 2.46. The third-order valence-corrected chi connectivity index (χ3v) is 3.31. The van der Waals surface area contributed by atoms with Crippen molar-refractivity contribution in [2.75, 3.05) is 13.7 Å².